The molecule has 6 atom stereocenters. The minimum absolute atomic E-state index is 0.0380. The second kappa shape index (κ2) is 6.86. The van der Waals surface area contributed by atoms with Crippen LogP contribution in [0.4, 0.5) is 0 Å². The van der Waals surface area contributed by atoms with Gasteiger partial charge in [0.15, 0.2) is 5.78 Å². The van der Waals surface area contributed by atoms with Gasteiger partial charge in [-0.05, 0) is 86.8 Å². The monoisotopic (exact) mass is 378 g/mol. The summed E-state index contributed by atoms with van der Waals surface area (Å²) in [5.74, 6) is 2.91. The first-order valence-electron chi connectivity index (χ1n) is 11.1. The number of allylic oxidation sites excluding steroid dienone is 1. The van der Waals surface area contributed by atoms with E-state index in [1.54, 1.807) is 0 Å². The summed E-state index contributed by atoms with van der Waals surface area (Å²) in [5, 5.41) is 0. The fourth-order valence-electron chi connectivity index (χ4n) is 7.10. The van der Waals surface area contributed by atoms with Gasteiger partial charge < -0.3 is 4.74 Å². The lowest BCUT2D eigenvalue weighted by Crippen LogP contribution is -2.48. The summed E-state index contributed by atoms with van der Waals surface area (Å²) in [6.45, 7) is 2.37. The fourth-order valence-corrected chi connectivity index (χ4v) is 7.10. The van der Waals surface area contributed by atoms with E-state index in [-0.39, 0.29) is 17.5 Å². The minimum atomic E-state index is -0.172. The van der Waals surface area contributed by atoms with E-state index >= 15 is 0 Å². The fraction of sp³-hybridized carbons (Fsp3) is 0.600. The molecule has 28 heavy (non-hydrogen) atoms. The first kappa shape index (κ1) is 18.1. The van der Waals surface area contributed by atoms with Crippen LogP contribution in [-0.4, -0.2) is 17.9 Å². The number of benzene rings is 1. The second-order valence-electron chi connectivity index (χ2n) is 9.69. The predicted molar refractivity (Wildman–Crippen MR) is 108 cm³/mol. The van der Waals surface area contributed by atoms with E-state index < -0.39 is 0 Å². The molecule has 4 aliphatic rings. The molecule has 148 valence electrons. The average Bonchev–Trinajstić information content (AvgIpc) is 3.04. The third-order valence-corrected chi connectivity index (χ3v) is 8.47. The lowest BCUT2D eigenvalue weighted by molar-refractivity contribution is -0.116. The summed E-state index contributed by atoms with van der Waals surface area (Å²) in [6.07, 6.45) is 10.6. The Morgan fingerprint density at radius 3 is 2.64 bits per heavy atom. The number of hydrogen-bond donors (Lipinski definition) is 0. The van der Waals surface area contributed by atoms with Crippen molar-refractivity contribution in [3.05, 3.63) is 47.5 Å². The Morgan fingerprint density at radius 1 is 1.00 bits per heavy atom. The SMILES string of the molecule is C[C@]12CC[C@H]3[C@H](CCC4=CC(=O)CC[C@H]43)[C@@H]1CC[C@H]2OC(=O)c1ccccc1. The minimum Gasteiger partial charge on any atom is -0.458 e. The van der Waals surface area contributed by atoms with Crippen molar-refractivity contribution in [2.75, 3.05) is 0 Å². The van der Waals surface area contributed by atoms with Crippen LogP contribution >= 0.6 is 0 Å². The smallest absolute Gasteiger partial charge is 0.338 e. The summed E-state index contributed by atoms with van der Waals surface area (Å²) < 4.78 is 6.08. The molecular weight excluding hydrogens is 348 g/mol. The van der Waals surface area contributed by atoms with E-state index in [1.165, 1.54) is 24.8 Å². The summed E-state index contributed by atoms with van der Waals surface area (Å²) in [7, 11) is 0. The molecule has 5 rings (SSSR count). The standard InChI is InChI=1S/C25H30O3/c1-25-14-13-20-19-10-8-18(26)15-17(19)7-9-21(20)22(25)11-12-23(25)28-24(27)16-5-3-2-4-6-16/h2-6,15,19-23H,7-14H2,1H3/t19-,20-,21+,22+,23-,25+/m1/s1. The Labute approximate surface area is 167 Å². The zero-order chi connectivity index (χ0) is 19.3. The Hall–Kier alpha value is -1.90. The maximum absolute atomic E-state index is 12.7. The van der Waals surface area contributed by atoms with Gasteiger partial charge in [-0.15, -0.1) is 0 Å². The number of rotatable bonds is 2. The molecule has 3 heteroatoms. The second-order valence-corrected chi connectivity index (χ2v) is 9.69. The van der Waals surface area contributed by atoms with Crippen LogP contribution in [-0.2, 0) is 9.53 Å². The van der Waals surface area contributed by atoms with E-state index in [1.807, 2.05) is 36.4 Å². The first-order chi connectivity index (χ1) is 13.6. The summed E-state index contributed by atoms with van der Waals surface area (Å²) in [6, 6.07) is 9.39. The van der Waals surface area contributed by atoms with Gasteiger partial charge in [0.25, 0.3) is 0 Å². The zero-order valence-electron chi connectivity index (χ0n) is 16.7. The van der Waals surface area contributed by atoms with Gasteiger partial charge in [0, 0.05) is 11.8 Å². The van der Waals surface area contributed by atoms with E-state index in [9.17, 15) is 9.59 Å². The van der Waals surface area contributed by atoms with Crippen LogP contribution in [0, 0.1) is 29.1 Å². The Bertz CT molecular complexity index is 810. The van der Waals surface area contributed by atoms with Crippen LogP contribution in [0.1, 0.15) is 68.6 Å². The predicted octanol–water partition coefficient (Wildman–Crippen LogP) is 5.35. The van der Waals surface area contributed by atoms with Crippen LogP contribution in [0.5, 0.6) is 0 Å². The van der Waals surface area contributed by atoms with Crippen molar-refractivity contribution in [3.63, 3.8) is 0 Å². The number of fused-ring (bicyclic) bond motifs is 5. The molecule has 0 radical (unpaired) electrons. The quantitative estimate of drug-likeness (QED) is 0.651. The van der Waals surface area contributed by atoms with Crippen LogP contribution < -0.4 is 0 Å². The molecule has 0 spiro atoms. The number of carbonyl (C=O) groups excluding carboxylic acids is 2. The number of ether oxygens (including phenoxy) is 1. The van der Waals surface area contributed by atoms with Gasteiger partial charge in [-0.25, -0.2) is 4.79 Å². The summed E-state index contributed by atoms with van der Waals surface area (Å²) in [5.41, 5.74) is 2.20. The zero-order valence-corrected chi connectivity index (χ0v) is 16.7. The summed E-state index contributed by atoms with van der Waals surface area (Å²) in [4.78, 5) is 24.5. The molecule has 0 N–H and O–H groups in total. The molecule has 0 heterocycles. The van der Waals surface area contributed by atoms with Crippen LogP contribution in [0.2, 0.25) is 0 Å². The molecule has 0 aliphatic heterocycles. The maximum atomic E-state index is 12.7. The van der Waals surface area contributed by atoms with Crippen molar-refractivity contribution in [3.8, 4) is 0 Å². The molecule has 1 aromatic carbocycles. The highest BCUT2D eigenvalue weighted by atomic mass is 16.5. The van der Waals surface area contributed by atoms with Crippen LogP contribution in [0.3, 0.4) is 0 Å². The van der Waals surface area contributed by atoms with Gasteiger partial charge in [-0.3, -0.25) is 4.79 Å². The van der Waals surface area contributed by atoms with E-state index in [0.29, 0.717) is 23.2 Å². The van der Waals surface area contributed by atoms with E-state index in [0.717, 1.165) is 43.9 Å². The van der Waals surface area contributed by atoms with Crippen molar-refractivity contribution in [2.24, 2.45) is 29.1 Å². The third kappa shape index (κ3) is 2.86. The van der Waals surface area contributed by atoms with Crippen molar-refractivity contribution >= 4 is 11.8 Å². The third-order valence-electron chi connectivity index (χ3n) is 8.47. The van der Waals surface area contributed by atoms with Crippen LogP contribution in [0.25, 0.3) is 0 Å². The molecule has 4 aliphatic carbocycles. The van der Waals surface area contributed by atoms with Crippen molar-refractivity contribution in [1.29, 1.82) is 0 Å². The van der Waals surface area contributed by atoms with Gasteiger partial charge in [-0.2, -0.15) is 0 Å². The molecule has 0 bridgehead atoms. The Kier molecular flexibility index (Phi) is 4.45. The van der Waals surface area contributed by atoms with Gasteiger partial charge >= 0.3 is 5.97 Å². The normalized spacial score (nSPS) is 39.4. The molecule has 1 aromatic rings. The highest BCUT2D eigenvalue weighted by Crippen LogP contribution is 2.62. The lowest BCUT2D eigenvalue weighted by Gasteiger charge is -2.53. The number of hydrogen-bond acceptors (Lipinski definition) is 3. The Balaban J connectivity index is 1.34. The van der Waals surface area contributed by atoms with Crippen molar-refractivity contribution < 1.29 is 14.3 Å². The van der Waals surface area contributed by atoms with Gasteiger partial charge in [0.2, 0.25) is 0 Å². The van der Waals surface area contributed by atoms with Gasteiger partial charge in [0.05, 0.1) is 5.56 Å². The number of esters is 1. The highest BCUT2D eigenvalue weighted by molar-refractivity contribution is 5.91. The van der Waals surface area contributed by atoms with Crippen molar-refractivity contribution in [1.82, 2.24) is 0 Å². The first-order valence-corrected chi connectivity index (χ1v) is 11.1. The summed E-state index contributed by atoms with van der Waals surface area (Å²) >= 11 is 0. The molecule has 0 saturated heterocycles. The molecule has 0 aromatic heterocycles. The van der Waals surface area contributed by atoms with Gasteiger partial charge in [0.1, 0.15) is 6.10 Å². The van der Waals surface area contributed by atoms with E-state index in [4.69, 9.17) is 4.74 Å². The van der Waals surface area contributed by atoms with Gasteiger partial charge in [-0.1, -0.05) is 30.7 Å². The highest BCUT2D eigenvalue weighted by Gasteiger charge is 2.57. The Morgan fingerprint density at radius 2 is 1.82 bits per heavy atom. The number of ketones is 1. The molecular formula is C25H30O3. The van der Waals surface area contributed by atoms with E-state index in [2.05, 4.69) is 6.92 Å². The molecule has 0 amide bonds. The van der Waals surface area contributed by atoms with Crippen LogP contribution in [0.15, 0.2) is 42.0 Å². The molecule has 0 unspecified atom stereocenters. The molecule has 3 saturated carbocycles. The topological polar surface area (TPSA) is 43.4 Å². The lowest BCUT2D eigenvalue weighted by atomic mass is 9.52. The molecule has 3 nitrogen and oxygen atoms in total. The molecule has 3 fully saturated rings. The maximum Gasteiger partial charge on any atom is 0.338 e. The largest absolute Gasteiger partial charge is 0.458 e. The average molecular weight is 379 g/mol. The van der Waals surface area contributed by atoms with Crippen molar-refractivity contribution in [2.45, 2.75) is 64.4 Å². The number of carbonyl (C=O) groups is 2.